The summed E-state index contributed by atoms with van der Waals surface area (Å²) in [6, 6.07) is 0.651. The monoisotopic (exact) mass is 268 g/mol. The molecular formula is C14H24N2OS. The molecule has 1 heterocycles. The third-order valence-electron chi connectivity index (χ3n) is 3.75. The van der Waals surface area contributed by atoms with E-state index in [9.17, 15) is 5.11 Å². The van der Waals surface area contributed by atoms with Crippen LogP contribution in [0.2, 0.25) is 0 Å². The van der Waals surface area contributed by atoms with Crippen LogP contribution >= 0.6 is 11.3 Å². The summed E-state index contributed by atoms with van der Waals surface area (Å²) in [6.07, 6.45) is 7.64. The predicted molar refractivity (Wildman–Crippen MR) is 75.9 cm³/mol. The number of aliphatic hydroxyl groups is 1. The van der Waals surface area contributed by atoms with Gasteiger partial charge in [0, 0.05) is 24.5 Å². The van der Waals surface area contributed by atoms with E-state index in [1.807, 2.05) is 0 Å². The number of aromatic nitrogens is 1. The molecule has 3 nitrogen and oxygen atoms in total. The average Bonchev–Trinajstić information content (AvgIpc) is 2.87. The molecule has 0 amide bonds. The van der Waals surface area contributed by atoms with Gasteiger partial charge in [-0.3, -0.25) is 4.90 Å². The summed E-state index contributed by atoms with van der Waals surface area (Å²) in [6.45, 7) is 4.09. The van der Waals surface area contributed by atoms with Crippen LogP contribution in [0.4, 0.5) is 0 Å². The van der Waals surface area contributed by atoms with Crippen LogP contribution in [0, 0.1) is 0 Å². The zero-order valence-electron chi connectivity index (χ0n) is 11.3. The highest BCUT2D eigenvalue weighted by Gasteiger charge is 2.21. The van der Waals surface area contributed by atoms with Gasteiger partial charge in [-0.15, -0.1) is 11.3 Å². The summed E-state index contributed by atoms with van der Waals surface area (Å²) in [4.78, 5) is 7.07. The summed E-state index contributed by atoms with van der Waals surface area (Å²) in [5, 5.41) is 12.6. The maximum absolute atomic E-state index is 9.24. The van der Waals surface area contributed by atoms with E-state index in [0.717, 1.165) is 19.5 Å². The molecule has 0 bridgehead atoms. The average molecular weight is 268 g/mol. The molecular weight excluding hydrogens is 244 g/mol. The normalized spacial score (nSPS) is 17.5. The molecule has 0 unspecified atom stereocenters. The van der Waals surface area contributed by atoms with Crippen LogP contribution in [0.25, 0.3) is 0 Å². The van der Waals surface area contributed by atoms with Gasteiger partial charge in [0.25, 0.3) is 0 Å². The van der Waals surface area contributed by atoms with Gasteiger partial charge in [0.2, 0.25) is 0 Å². The zero-order chi connectivity index (χ0) is 12.8. The first-order valence-electron chi connectivity index (χ1n) is 7.11. The zero-order valence-corrected chi connectivity index (χ0v) is 12.1. The highest BCUT2D eigenvalue weighted by Crippen LogP contribution is 2.24. The number of aliphatic hydroxyl groups excluding tert-OH is 1. The van der Waals surface area contributed by atoms with Crippen LogP contribution in [0.3, 0.4) is 0 Å². The van der Waals surface area contributed by atoms with E-state index in [0.29, 0.717) is 6.04 Å². The Hall–Kier alpha value is -0.450. The van der Waals surface area contributed by atoms with Gasteiger partial charge in [0.15, 0.2) is 0 Å². The predicted octanol–water partition coefficient (Wildman–Crippen LogP) is 2.83. The molecule has 1 aliphatic rings. The van der Waals surface area contributed by atoms with Crippen molar-refractivity contribution < 1.29 is 5.11 Å². The van der Waals surface area contributed by atoms with Gasteiger partial charge >= 0.3 is 0 Å². The fourth-order valence-electron chi connectivity index (χ4n) is 2.76. The van der Waals surface area contributed by atoms with Crippen LogP contribution in [0.5, 0.6) is 0 Å². The third kappa shape index (κ3) is 3.77. The topological polar surface area (TPSA) is 36.4 Å². The minimum absolute atomic E-state index is 0.251. The van der Waals surface area contributed by atoms with Crippen molar-refractivity contribution >= 4 is 11.3 Å². The lowest BCUT2D eigenvalue weighted by molar-refractivity contribution is 0.116. The molecule has 0 spiro atoms. The second-order valence-electron chi connectivity index (χ2n) is 5.07. The van der Waals surface area contributed by atoms with E-state index in [-0.39, 0.29) is 6.61 Å². The SMILES string of the molecule is CCc1nc(CN(CCO)C2CCCCC2)cs1. The second-order valence-corrected chi connectivity index (χ2v) is 6.01. The van der Waals surface area contributed by atoms with Crippen molar-refractivity contribution in [1.82, 2.24) is 9.88 Å². The highest BCUT2D eigenvalue weighted by molar-refractivity contribution is 7.09. The van der Waals surface area contributed by atoms with Gasteiger partial charge in [-0.05, 0) is 19.3 Å². The smallest absolute Gasteiger partial charge is 0.0926 e. The van der Waals surface area contributed by atoms with Crippen molar-refractivity contribution in [2.75, 3.05) is 13.2 Å². The first-order valence-corrected chi connectivity index (χ1v) is 7.99. The van der Waals surface area contributed by atoms with Crippen molar-refractivity contribution in [3.8, 4) is 0 Å². The molecule has 1 aromatic heterocycles. The molecule has 18 heavy (non-hydrogen) atoms. The Morgan fingerprint density at radius 3 is 2.78 bits per heavy atom. The summed E-state index contributed by atoms with van der Waals surface area (Å²) in [5.41, 5.74) is 1.18. The standard InChI is InChI=1S/C14H24N2OS/c1-2-14-15-12(11-18-14)10-16(8-9-17)13-6-4-3-5-7-13/h11,13,17H,2-10H2,1H3. The Morgan fingerprint density at radius 1 is 1.39 bits per heavy atom. The van der Waals surface area contributed by atoms with Crippen LogP contribution in [-0.2, 0) is 13.0 Å². The van der Waals surface area contributed by atoms with Crippen LogP contribution in [0.1, 0.15) is 49.7 Å². The first kappa shape index (κ1) is 14.0. The quantitative estimate of drug-likeness (QED) is 0.862. The number of rotatable bonds is 6. The van der Waals surface area contributed by atoms with Gasteiger partial charge < -0.3 is 5.11 Å². The number of thiazole rings is 1. The van der Waals surface area contributed by atoms with Gasteiger partial charge in [-0.2, -0.15) is 0 Å². The fourth-order valence-corrected chi connectivity index (χ4v) is 3.49. The van der Waals surface area contributed by atoms with E-state index >= 15 is 0 Å². The van der Waals surface area contributed by atoms with Crippen molar-refractivity contribution in [3.63, 3.8) is 0 Å². The third-order valence-corrected chi connectivity index (χ3v) is 4.79. The van der Waals surface area contributed by atoms with Gasteiger partial charge in [0.05, 0.1) is 17.3 Å². The summed E-state index contributed by atoms with van der Waals surface area (Å²) < 4.78 is 0. The molecule has 1 saturated carbocycles. The maximum atomic E-state index is 9.24. The minimum atomic E-state index is 0.251. The van der Waals surface area contributed by atoms with E-state index in [1.54, 1.807) is 11.3 Å². The lowest BCUT2D eigenvalue weighted by atomic mass is 9.94. The van der Waals surface area contributed by atoms with Crippen molar-refractivity contribution in [2.24, 2.45) is 0 Å². The second kappa shape index (κ2) is 7.22. The van der Waals surface area contributed by atoms with Gasteiger partial charge in [-0.1, -0.05) is 26.2 Å². The Balaban J connectivity index is 1.95. The number of hydrogen-bond acceptors (Lipinski definition) is 4. The van der Waals surface area contributed by atoms with Crippen molar-refractivity contribution in [1.29, 1.82) is 0 Å². The Morgan fingerprint density at radius 2 is 2.17 bits per heavy atom. The molecule has 1 aromatic rings. The molecule has 1 aliphatic carbocycles. The maximum Gasteiger partial charge on any atom is 0.0926 e. The Kier molecular flexibility index (Phi) is 5.60. The van der Waals surface area contributed by atoms with Crippen LogP contribution in [-0.4, -0.2) is 34.2 Å². The fraction of sp³-hybridized carbons (Fsp3) is 0.786. The number of nitrogens with zero attached hydrogens (tertiary/aromatic N) is 2. The molecule has 0 radical (unpaired) electrons. The summed E-state index contributed by atoms with van der Waals surface area (Å²) in [5.74, 6) is 0. The lowest BCUT2D eigenvalue weighted by Gasteiger charge is -2.33. The van der Waals surface area contributed by atoms with Crippen molar-refractivity contribution in [3.05, 3.63) is 16.1 Å². The van der Waals surface area contributed by atoms with E-state index in [1.165, 1.54) is 42.8 Å². The summed E-state index contributed by atoms with van der Waals surface area (Å²) >= 11 is 1.76. The van der Waals surface area contributed by atoms with Gasteiger partial charge in [-0.25, -0.2) is 4.98 Å². The van der Waals surface area contributed by atoms with E-state index < -0.39 is 0 Å². The molecule has 1 N–H and O–H groups in total. The number of aryl methyl sites for hydroxylation is 1. The Bertz CT molecular complexity index is 347. The van der Waals surface area contributed by atoms with Crippen LogP contribution < -0.4 is 0 Å². The molecule has 4 heteroatoms. The highest BCUT2D eigenvalue weighted by atomic mass is 32.1. The molecule has 0 atom stereocenters. The molecule has 1 fully saturated rings. The molecule has 102 valence electrons. The Labute approximate surface area is 114 Å². The van der Waals surface area contributed by atoms with Crippen molar-refractivity contribution in [2.45, 2.75) is 58.0 Å². The lowest BCUT2D eigenvalue weighted by Crippen LogP contribution is -2.38. The summed E-state index contributed by atoms with van der Waals surface area (Å²) in [7, 11) is 0. The molecule has 0 aliphatic heterocycles. The molecule has 0 aromatic carbocycles. The number of hydrogen-bond donors (Lipinski definition) is 1. The molecule has 2 rings (SSSR count). The molecule has 0 saturated heterocycles. The van der Waals surface area contributed by atoms with E-state index in [4.69, 9.17) is 0 Å². The van der Waals surface area contributed by atoms with Crippen LogP contribution in [0.15, 0.2) is 5.38 Å². The van der Waals surface area contributed by atoms with E-state index in [2.05, 4.69) is 22.2 Å². The minimum Gasteiger partial charge on any atom is -0.395 e. The largest absolute Gasteiger partial charge is 0.395 e. The first-order chi connectivity index (χ1) is 8.83. The van der Waals surface area contributed by atoms with Gasteiger partial charge in [0.1, 0.15) is 0 Å².